The molecule has 0 rings (SSSR count). The lowest BCUT2D eigenvalue weighted by Gasteiger charge is -1.93. The SMILES string of the molecule is CS(=O)(=O)OCCN=O. The van der Waals surface area contributed by atoms with Crippen LogP contribution in [0.1, 0.15) is 0 Å². The van der Waals surface area contributed by atoms with E-state index in [1.807, 2.05) is 0 Å². The molecule has 0 radical (unpaired) electrons. The van der Waals surface area contributed by atoms with Crippen molar-refractivity contribution in [2.45, 2.75) is 0 Å². The second kappa shape index (κ2) is 3.52. The molecule has 6 heteroatoms. The molecule has 0 bridgehead atoms. The van der Waals surface area contributed by atoms with Gasteiger partial charge in [-0.3, -0.25) is 4.18 Å². The predicted octanol–water partition coefficient (Wildman–Crippen LogP) is -0.271. The van der Waals surface area contributed by atoms with Crippen LogP contribution < -0.4 is 0 Å². The predicted molar refractivity (Wildman–Crippen MR) is 31.5 cm³/mol. The lowest BCUT2D eigenvalue weighted by molar-refractivity contribution is 0.331. The van der Waals surface area contributed by atoms with E-state index in [1.165, 1.54) is 0 Å². The first-order valence-corrected chi connectivity index (χ1v) is 4.01. The Morgan fingerprint density at radius 3 is 2.44 bits per heavy atom. The quantitative estimate of drug-likeness (QED) is 0.316. The van der Waals surface area contributed by atoms with Gasteiger partial charge in [0.05, 0.1) is 12.9 Å². The van der Waals surface area contributed by atoms with Crippen LogP contribution in [0.5, 0.6) is 0 Å². The van der Waals surface area contributed by atoms with E-state index in [2.05, 4.69) is 9.36 Å². The Morgan fingerprint density at radius 2 is 2.11 bits per heavy atom. The first kappa shape index (κ1) is 8.51. The number of hydrogen-bond donors (Lipinski definition) is 0. The monoisotopic (exact) mass is 153 g/mol. The normalized spacial score (nSPS) is 11.2. The highest BCUT2D eigenvalue weighted by Gasteiger charge is 1.98. The molecule has 0 unspecified atom stereocenters. The van der Waals surface area contributed by atoms with Crippen molar-refractivity contribution < 1.29 is 12.6 Å². The minimum Gasteiger partial charge on any atom is -0.268 e. The Bertz CT molecular complexity index is 172. The van der Waals surface area contributed by atoms with Gasteiger partial charge in [0.1, 0.15) is 6.54 Å². The summed E-state index contributed by atoms with van der Waals surface area (Å²) in [4.78, 5) is 9.37. The van der Waals surface area contributed by atoms with Gasteiger partial charge in [-0.05, 0) is 0 Å². The van der Waals surface area contributed by atoms with Gasteiger partial charge in [-0.15, -0.1) is 0 Å². The van der Waals surface area contributed by atoms with Crippen LogP contribution in [-0.2, 0) is 14.3 Å². The lowest BCUT2D eigenvalue weighted by atomic mass is 10.8. The maximum absolute atomic E-state index is 10.1. The molecule has 0 aromatic heterocycles. The van der Waals surface area contributed by atoms with Crippen molar-refractivity contribution in [2.75, 3.05) is 19.4 Å². The van der Waals surface area contributed by atoms with Crippen molar-refractivity contribution in [3.63, 3.8) is 0 Å². The molecule has 0 saturated carbocycles. The van der Waals surface area contributed by atoms with E-state index in [4.69, 9.17) is 0 Å². The molecule has 0 aliphatic heterocycles. The molecule has 0 amide bonds. The average molecular weight is 153 g/mol. The average Bonchev–Trinajstić information content (AvgIpc) is 1.63. The van der Waals surface area contributed by atoms with Crippen LogP contribution in [0.15, 0.2) is 5.18 Å². The van der Waals surface area contributed by atoms with Crippen LogP contribution in [0.25, 0.3) is 0 Å². The van der Waals surface area contributed by atoms with Gasteiger partial charge in [-0.2, -0.15) is 13.3 Å². The third-order valence-corrected chi connectivity index (χ3v) is 1.07. The Kier molecular flexibility index (Phi) is 3.33. The van der Waals surface area contributed by atoms with Crippen LogP contribution in [0.3, 0.4) is 0 Å². The van der Waals surface area contributed by atoms with Crippen LogP contribution in [0.2, 0.25) is 0 Å². The Labute approximate surface area is 53.1 Å². The number of hydrogen-bond acceptors (Lipinski definition) is 5. The molecule has 0 aliphatic rings. The highest BCUT2D eigenvalue weighted by molar-refractivity contribution is 7.85. The largest absolute Gasteiger partial charge is 0.268 e. The highest BCUT2D eigenvalue weighted by Crippen LogP contribution is 1.84. The first-order valence-electron chi connectivity index (χ1n) is 2.20. The molecular formula is C3H7NO4S. The molecule has 0 N–H and O–H groups in total. The second-order valence-electron chi connectivity index (χ2n) is 1.38. The second-order valence-corrected chi connectivity index (χ2v) is 3.02. The van der Waals surface area contributed by atoms with Crippen LogP contribution in [-0.4, -0.2) is 27.8 Å². The third kappa shape index (κ3) is 7.51. The zero-order valence-electron chi connectivity index (χ0n) is 4.90. The topological polar surface area (TPSA) is 72.8 Å². The number of nitrogens with zero attached hydrogens (tertiary/aromatic N) is 1. The number of nitroso groups, excluding NO2 is 1. The first-order chi connectivity index (χ1) is 4.06. The van der Waals surface area contributed by atoms with Crippen LogP contribution >= 0.6 is 0 Å². The van der Waals surface area contributed by atoms with Gasteiger partial charge >= 0.3 is 0 Å². The Hall–Kier alpha value is -0.490. The van der Waals surface area contributed by atoms with Gasteiger partial charge in [0.25, 0.3) is 10.1 Å². The van der Waals surface area contributed by atoms with E-state index >= 15 is 0 Å². The minimum absolute atomic E-state index is 0.132. The molecule has 0 heterocycles. The third-order valence-electron chi connectivity index (χ3n) is 0.480. The summed E-state index contributed by atoms with van der Waals surface area (Å²) in [5, 5.41) is 2.40. The molecule has 0 aliphatic carbocycles. The van der Waals surface area contributed by atoms with Crippen LogP contribution in [0, 0.1) is 4.91 Å². The molecule has 54 valence electrons. The maximum atomic E-state index is 10.1. The summed E-state index contributed by atoms with van der Waals surface area (Å²) in [6.45, 7) is -0.296. The zero-order chi connectivity index (χ0) is 7.33. The van der Waals surface area contributed by atoms with E-state index in [1.54, 1.807) is 0 Å². The molecule has 5 nitrogen and oxygen atoms in total. The molecule has 0 atom stereocenters. The van der Waals surface area contributed by atoms with Gasteiger partial charge in [-0.1, -0.05) is 5.18 Å². The van der Waals surface area contributed by atoms with E-state index in [0.717, 1.165) is 6.26 Å². The molecule has 0 aromatic carbocycles. The molecule has 0 fully saturated rings. The van der Waals surface area contributed by atoms with E-state index < -0.39 is 10.1 Å². The highest BCUT2D eigenvalue weighted by atomic mass is 32.2. The fourth-order valence-electron chi connectivity index (χ4n) is 0.226. The fraction of sp³-hybridized carbons (Fsp3) is 1.00. The van der Waals surface area contributed by atoms with Crippen molar-refractivity contribution in [2.24, 2.45) is 5.18 Å². The zero-order valence-corrected chi connectivity index (χ0v) is 5.72. The van der Waals surface area contributed by atoms with Crippen molar-refractivity contribution in [3.8, 4) is 0 Å². The summed E-state index contributed by atoms with van der Waals surface area (Å²) in [6.07, 6.45) is 0.914. The molecule has 0 saturated heterocycles. The van der Waals surface area contributed by atoms with Crippen molar-refractivity contribution in [3.05, 3.63) is 4.91 Å². The maximum Gasteiger partial charge on any atom is 0.264 e. The van der Waals surface area contributed by atoms with Crippen LogP contribution in [0.4, 0.5) is 0 Å². The molecular weight excluding hydrogens is 146 g/mol. The summed E-state index contributed by atoms with van der Waals surface area (Å²) >= 11 is 0. The Balaban J connectivity index is 3.40. The summed E-state index contributed by atoms with van der Waals surface area (Å²) in [5.41, 5.74) is 0. The van der Waals surface area contributed by atoms with Gasteiger partial charge in [0, 0.05) is 0 Å². The Morgan fingerprint density at radius 1 is 1.56 bits per heavy atom. The lowest BCUT2D eigenvalue weighted by Crippen LogP contribution is -2.05. The summed E-state index contributed by atoms with van der Waals surface area (Å²) in [5.74, 6) is 0. The molecule has 0 spiro atoms. The van der Waals surface area contributed by atoms with Crippen molar-refractivity contribution in [1.82, 2.24) is 0 Å². The fourth-order valence-corrected chi connectivity index (χ4v) is 0.603. The minimum atomic E-state index is -3.40. The van der Waals surface area contributed by atoms with Crippen molar-refractivity contribution >= 4 is 10.1 Å². The molecule has 0 aromatic rings. The van der Waals surface area contributed by atoms with E-state index in [-0.39, 0.29) is 13.2 Å². The van der Waals surface area contributed by atoms with E-state index in [9.17, 15) is 13.3 Å². The van der Waals surface area contributed by atoms with Crippen molar-refractivity contribution in [1.29, 1.82) is 0 Å². The summed E-state index contributed by atoms with van der Waals surface area (Å²) in [7, 11) is -3.40. The van der Waals surface area contributed by atoms with Gasteiger partial charge in [0.2, 0.25) is 0 Å². The standard InChI is InChI=1S/C3H7NO4S/c1-9(6,7)8-3-2-4-5/h2-3H2,1H3. The summed E-state index contributed by atoms with van der Waals surface area (Å²) < 4.78 is 24.4. The van der Waals surface area contributed by atoms with E-state index in [0.29, 0.717) is 0 Å². The number of rotatable bonds is 4. The van der Waals surface area contributed by atoms with Gasteiger partial charge in [-0.25, -0.2) is 0 Å². The van der Waals surface area contributed by atoms with Gasteiger partial charge < -0.3 is 0 Å². The smallest absolute Gasteiger partial charge is 0.264 e. The van der Waals surface area contributed by atoms with Gasteiger partial charge in [0.15, 0.2) is 0 Å². The summed E-state index contributed by atoms with van der Waals surface area (Å²) in [6, 6.07) is 0. The molecule has 9 heavy (non-hydrogen) atoms.